The zero-order chi connectivity index (χ0) is 60.4. The van der Waals surface area contributed by atoms with Crippen LogP contribution >= 0.6 is 0 Å². The van der Waals surface area contributed by atoms with Crippen molar-refractivity contribution in [3.05, 3.63) is 0 Å². The summed E-state index contributed by atoms with van der Waals surface area (Å²) < 4.78 is 31.7. The normalized spacial score (nSPS) is 16.5. The van der Waals surface area contributed by atoms with Gasteiger partial charge in [0.25, 0.3) is 0 Å². The SMILES string of the molecule is CCC[C@@H](C(=O)N[C@H](C(=O)N[C@@H](CCCN=C(N)N)C(=O)N1CCC[C@H]1C(=O)NCC)[C@@H](C)CC)N(C)C(=O)[C@@H](NC(=O)[C@H](NC(=O)[C@@H](NC(=O)CNC(=O)CN(C)C(C)=O)C(C)C)[C@@H](C)CC)[C@@H](C)O.O=C(O)C(F)(F)F. The molecule has 0 spiro atoms. The van der Waals surface area contributed by atoms with E-state index in [2.05, 4.69) is 42.2 Å². The summed E-state index contributed by atoms with van der Waals surface area (Å²) in [5.74, 6) is -10.6. The number of carboxylic acids is 1. The van der Waals surface area contributed by atoms with E-state index in [1.807, 2.05) is 6.92 Å². The number of amides is 10. The molecule has 0 aromatic rings. The van der Waals surface area contributed by atoms with Gasteiger partial charge in [0.1, 0.15) is 42.3 Å². The number of hydrogen-bond acceptors (Lipinski definition) is 13. The number of guanidine groups is 1. The van der Waals surface area contributed by atoms with Crippen LogP contribution in [-0.4, -0.2) is 197 Å². The third-order valence-electron chi connectivity index (χ3n) is 12.9. The van der Waals surface area contributed by atoms with Gasteiger partial charge in [-0.3, -0.25) is 52.9 Å². The van der Waals surface area contributed by atoms with Crippen molar-refractivity contribution >= 4 is 71.0 Å². The van der Waals surface area contributed by atoms with Crippen LogP contribution in [0.3, 0.4) is 0 Å². The van der Waals surface area contributed by atoms with E-state index in [0.717, 1.165) is 9.80 Å². The van der Waals surface area contributed by atoms with Crippen LogP contribution in [0.15, 0.2) is 4.99 Å². The van der Waals surface area contributed by atoms with Gasteiger partial charge in [-0.05, 0) is 63.7 Å². The second-order valence-electron chi connectivity index (χ2n) is 19.6. The summed E-state index contributed by atoms with van der Waals surface area (Å²) in [5.41, 5.74) is 11.0. The van der Waals surface area contributed by atoms with E-state index >= 15 is 0 Å². The molecule has 29 heteroatoms. The summed E-state index contributed by atoms with van der Waals surface area (Å²) in [6.07, 6.45) is -3.81. The van der Waals surface area contributed by atoms with Crippen LogP contribution in [0.1, 0.15) is 121 Å². The maximum absolute atomic E-state index is 14.3. The maximum atomic E-state index is 14.3. The molecule has 0 radical (unpaired) electrons. The highest BCUT2D eigenvalue weighted by Gasteiger charge is 2.42. The molecule has 10 atom stereocenters. The number of rotatable bonds is 30. The highest BCUT2D eigenvalue weighted by molar-refractivity contribution is 5.98. The molecule has 1 fully saturated rings. The highest BCUT2D eigenvalue weighted by atomic mass is 19.4. The number of alkyl halides is 3. The highest BCUT2D eigenvalue weighted by Crippen LogP contribution is 2.21. The Kier molecular flexibility index (Phi) is 31.8. The molecule has 0 saturated carbocycles. The summed E-state index contributed by atoms with van der Waals surface area (Å²) in [5, 5.41) is 36.7. The van der Waals surface area contributed by atoms with Crippen LogP contribution in [0.4, 0.5) is 13.2 Å². The number of aliphatic imine (C=N–C) groups is 1. The van der Waals surface area contributed by atoms with Crippen LogP contribution in [0, 0.1) is 17.8 Å². The van der Waals surface area contributed by atoms with Gasteiger partial charge >= 0.3 is 12.1 Å². The molecule has 13 N–H and O–H groups in total. The minimum absolute atomic E-state index is 0.110. The summed E-state index contributed by atoms with van der Waals surface area (Å²) in [7, 11) is 2.76. The van der Waals surface area contributed by atoms with E-state index in [1.165, 1.54) is 32.8 Å². The van der Waals surface area contributed by atoms with Crippen molar-refractivity contribution < 1.29 is 76.1 Å². The number of nitrogens with two attached hydrogens (primary N) is 2. The topological polar surface area (TPSA) is 387 Å². The fourth-order valence-corrected chi connectivity index (χ4v) is 7.81. The van der Waals surface area contributed by atoms with Crippen molar-refractivity contribution in [2.24, 2.45) is 34.2 Å². The number of likely N-dealkylation sites (N-methyl/N-ethyl adjacent to an activating group) is 3. The summed E-state index contributed by atoms with van der Waals surface area (Å²) >= 11 is 0. The van der Waals surface area contributed by atoms with Crippen molar-refractivity contribution in [1.29, 1.82) is 0 Å². The first-order valence-corrected chi connectivity index (χ1v) is 26.1. The molecule has 1 heterocycles. The maximum Gasteiger partial charge on any atom is 0.490 e. The molecular weight excluding hydrogens is 1040 g/mol. The number of nitrogens with zero attached hydrogens (tertiary/aromatic N) is 4. The fraction of sp³-hybridized carbons (Fsp3) is 0.755. The minimum Gasteiger partial charge on any atom is -0.475 e. The molecule has 1 saturated heterocycles. The van der Waals surface area contributed by atoms with Gasteiger partial charge in [-0.2, -0.15) is 13.2 Å². The molecular formula is C49H86F3N13O13. The van der Waals surface area contributed by atoms with Crippen LogP contribution in [0.25, 0.3) is 0 Å². The second-order valence-corrected chi connectivity index (χ2v) is 19.6. The van der Waals surface area contributed by atoms with Crippen LogP contribution in [-0.2, 0) is 52.7 Å². The Morgan fingerprint density at radius 2 is 1.24 bits per heavy atom. The summed E-state index contributed by atoms with van der Waals surface area (Å²) in [6, 6.07) is -8.25. The monoisotopic (exact) mass is 1120 g/mol. The Labute approximate surface area is 454 Å². The molecule has 0 aromatic carbocycles. The number of carbonyl (C=O) groups is 11. The number of nitrogens with one attached hydrogen (secondary N) is 7. The van der Waals surface area contributed by atoms with Gasteiger partial charge in [0.15, 0.2) is 5.96 Å². The Morgan fingerprint density at radius 3 is 1.71 bits per heavy atom. The Morgan fingerprint density at radius 1 is 0.731 bits per heavy atom. The van der Waals surface area contributed by atoms with E-state index in [9.17, 15) is 66.2 Å². The average molecular weight is 1120 g/mol. The van der Waals surface area contributed by atoms with Crippen molar-refractivity contribution in [2.45, 2.75) is 175 Å². The molecule has 0 aromatic heterocycles. The predicted octanol–water partition coefficient (Wildman–Crippen LogP) is -1.43. The Hall–Kier alpha value is -6.81. The standard InChI is InChI=1S/C47H85N13O11.C2HF3O2/c1-13-19-32(41(66)55-37(27(7)14-2)43(68)53-31(20-17-22-51-47(48)49)45(70)60-23-18-21-33(60)40(65)50-16-4)59(12)46(71)39(29(9)61)57-44(69)38(28(8)15-3)56-42(67)36(26(5)6)54-34(63)24-52-35(64)25-58(11)30(10)62;3-2(4,5)1(6)7/h26-29,31-33,36-39,61H,13-25H2,1-12H3,(H,50,65)(H,52,64)(H,53,68)(H,54,63)(H,55,66)(H,56,67)(H,57,69)(H4,48,49,51);(H,6,7)/t27-,28-,29+,31-,32-,33-,36-,37-,38+,39-;/m0./s1. The van der Waals surface area contributed by atoms with Crippen LogP contribution < -0.4 is 48.7 Å². The van der Waals surface area contributed by atoms with E-state index < -0.39 is 132 Å². The lowest BCUT2D eigenvalue weighted by Gasteiger charge is -2.35. The van der Waals surface area contributed by atoms with Gasteiger partial charge in [-0.15, -0.1) is 0 Å². The van der Waals surface area contributed by atoms with E-state index in [4.69, 9.17) is 21.4 Å². The molecule has 0 unspecified atom stereocenters. The van der Waals surface area contributed by atoms with Gasteiger partial charge in [-0.25, -0.2) is 4.79 Å². The zero-order valence-electron chi connectivity index (χ0n) is 47.0. The third-order valence-corrected chi connectivity index (χ3v) is 12.9. The quantitative estimate of drug-likeness (QED) is 0.0223. The first-order valence-electron chi connectivity index (χ1n) is 26.1. The smallest absolute Gasteiger partial charge is 0.475 e. The van der Waals surface area contributed by atoms with Crippen LogP contribution in [0.5, 0.6) is 0 Å². The van der Waals surface area contributed by atoms with Crippen molar-refractivity contribution in [2.75, 3.05) is 46.8 Å². The molecule has 0 bridgehead atoms. The van der Waals surface area contributed by atoms with Gasteiger partial charge in [0.05, 0.1) is 19.2 Å². The summed E-state index contributed by atoms with van der Waals surface area (Å²) in [6.45, 7) is 16.6. The lowest BCUT2D eigenvalue weighted by Crippen LogP contribution is -2.63. The average Bonchev–Trinajstić information content (AvgIpc) is 3.86. The first kappa shape index (κ1) is 71.2. The molecule has 1 aliphatic heterocycles. The lowest BCUT2D eigenvalue weighted by molar-refractivity contribution is -0.192. The number of aliphatic hydroxyl groups is 1. The molecule has 1 rings (SSSR count). The molecule has 1 aliphatic rings. The number of aliphatic hydroxyl groups excluding tert-OH is 1. The van der Waals surface area contributed by atoms with Gasteiger partial charge in [0, 0.05) is 40.7 Å². The largest absolute Gasteiger partial charge is 0.490 e. The molecule has 78 heavy (non-hydrogen) atoms. The van der Waals surface area contributed by atoms with Crippen molar-refractivity contribution in [3.8, 4) is 0 Å². The minimum atomic E-state index is -5.08. The Bertz CT molecular complexity index is 2080. The number of carbonyl (C=O) groups excluding carboxylic acids is 10. The number of carboxylic acid groups (broad SMARTS) is 1. The summed E-state index contributed by atoms with van der Waals surface area (Å²) in [4.78, 5) is 151. The van der Waals surface area contributed by atoms with E-state index in [0.29, 0.717) is 51.6 Å². The van der Waals surface area contributed by atoms with Gasteiger partial charge in [-0.1, -0.05) is 67.7 Å². The predicted molar refractivity (Wildman–Crippen MR) is 280 cm³/mol. The third kappa shape index (κ3) is 24.2. The molecule has 0 aliphatic carbocycles. The van der Waals surface area contributed by atoms with Crippen LogP contribution in [0.2, 0.25) is 0 Å². The Balaban J connectivity index is 0.00000788. The molecule has 446 valence electrons. The zero-order valence-corrected chi connectivity index (χ0v) is 47.0. The number of aliphatic carboxylic acids is 1. The first-order chi connectivity index (χ1) is 36.2. The van der Waals surface area contributed by atoms with E-state index in [1.54, 1.807) is 48.5 Å². The number of hydrogen-bond donors (Lipinski definition) is 11. The van der Waals surface area contributed by atoms with Crippen molar-refractivity contribution in [3.63, 3.8) is 0 Å². The van der Waals surface area contributed by atoms with Crippen molar-refractivity contribution in [1.82, 2.24) is 51.9 Å². The number of halogens is 3. The van der Waals surface area contributed by atoms with Gasteiger partial charge in [0.2, 0.25) is 59.1 Å². The second kappa shape index (κ2) is 34.9. The molecule has 10 amide bonds. The van der Waals surface area contributed by atoms with Gasteiger partial charge < -0.3 is 73.6 Å². The van der Waals surface area contributed by atoms with E-state index in [-0.39, 0.29) is 43.7 Å². The molecule has 26 nitrogen and oxygen atoms in total. The fourth-order valence-electron chi connectivity index (χ4n) is 7.81. The lowest BCUT2D eigenvalue weighted by atomic mass is 9.95. The number of likely N-dealkylation sites (tertiary alicyclic amines) is 1.